The summed E-state index contributed by atoms with van der Waals surface area (Å²) in [6.07, 6.45) is 0.757. The van der Waals surface area contributed by atoms with E-state index in [1.54, 1.807) is 4.57 Å². The van der Waals surface area contributed by atoms with E-state index in [4.69, 9.17) is 9.40 Å². The maximum atomic E-state index is 13.8. The standard InChI is InChI=1S/C24H27N5O3S2/c1-7-16-15(6)34-21-19(16)22(31)29(17-10-8-9-13(4)14(17)5)24(26-21)33-11-18(30)25-23-28-27-20(32-23)12(2)3/h8-10,12H,7,11H2,1-6H3,(H,25,28,30). The van der Waals surface area contributed by atoms with E-state index in [1.807, 2.05) is 59.7 Å². The number of amides is 1. The van der Waals surface area contributed by atoms with E-state index in [1.165, 1.54) is 23.1 Å². The highest BCUT2D eigenvalue weighted by Crippen LogP contribution is 2.31. The summed E-state index contributed by atoms with van der Waals surface area (Å²) in [6, 6.07) is 5.92. The molecule has 0 radical (unpaired) electrons. The Balaban J connectivity index is 1.73. The second-order valence-electron chi connectivity index (χ2n) is 8.36. The summed E-state index contributed by atoms with van der Waals surface area (Å²) in [7, 11) is 0. The van der Waals surface area contributed by atoms with Gasteiger partial charge in [-0.15, -0.1) is 16.4 Å². The fraction of sp³-hybridized carbons (Fsp3) is 0.375. The molecule has 1 amide bonds. The number of aromatic nitrogens is 4. The van der Waals surface area contributed by atoms with Gasteiger partial charge >= 0.3 is 6.01 Å². The molecule has 0 saturated heterocycles. The topological polar surface area (TPSA) is 103 Å². The normalized spacial score (nSPS) is 11.5. The van der Waals surface area contributed by atoms with Gasteiger partial charge < -0.3 is 4.42 Å². The number of hydrogen-bond donors (Lipinski definition) is 1. The van der Waals surface area contributed by atoms with Crippen molar-refractivity contribution in [3.63, 3.8) is 0 Å². The quantitative estimate of drug-likeness (QED) is 0.277. The van der Waals surface area contributed by atoms with E-state index < -0.39 is 0 Å². The molecule has 4 aromatic rings. The molecule has 0 aliphatic rings. The summed E-state index contributed by atoms with van der Waals surface area (Å²) < 4.78 is 7.10. The van der Waals surface area contributed by atoms with Crippen LogP contribution in [0.5, 0.6) is 0 Å². The Labute approximate surface area is 205 Å². The van der Waals surface area contributed by atoms with Crippen LogP contribution in [-0.4, -0.2) is 31.4 Å². The van der Waals surface area contributed by atoms with Crippen LogP contribution in [0.25, 0.3) is 15.9 Å². The number of rotatable bonds is 7. The highest BCUT2D eigenvalue weighted by atomic mass is 32.2. The number of thiophene rings is 1. The van der Waals surface area contributed by atoms with Crippen molar-refractivity contribution in [2.75, 3.05) is 11.1 Å². The highest BCUT2D eigenvalue weighted by Gasteiger charge is 2.21. The van der Waals surface area contributed by atoms with Crippen molar-refractivity contribution in [2.45, 2.75) is 59.0 Å². The number of hydrogen-bond acceptors (Lipinski definition) is 8. The molecule has 3 heterocycles. The molecule has 0 bridgehead atoms. The molecule has 1 aromatic carbocycles. The third-order valence-electron chi connectivity index (χ3n) is 5.68. The van der Waals surface area contributed by atoms with Crippen LogP contribution in [0.2, 0.25) is 0 Å². The number of anilines is 1. The van der Waals surface area contributed by atoms with E-state index in [0.717, 1.165) is 33.7 Å². The molecular weight excluding hydrogens is 470 g/mol. The van der Waals surface area contributed by atoms with Crippen molar-refractivity contribution in [2.24, 2.45) is 0 Å². The second-order valence-corrected chi connectivity index (χ2v) is 10.5. The zero-order valence-electron chi connectivity index (χ0n) is 20.1. The van der Waals surface area contributed by atoms with Gasteiger partial charge in [-0.3, -0.25) is 19.5 Å². The predicted molar refractivity (Wildman–Crippen MR) is 137 cm³/mol. The minimum atomic E-state index is -0.317. The third kappa shape index (κ3) is 4.52. The Morgan fingerprint density at radius 1 is 1.24 bits per heavy atom. The number of nitrogens with one attached hydrogen (secondary N) is 1. The number of benzene rings is 1. The second kappa shape index (κ2) is 9.71. The maximum absolute atomic E-state index is 13.8. The minimum absolute atomic E-state index is 0.0349. The van der Waals surface area contributed by atoms with Crippen molar-refractivity contribution < 1.29 is 9.21 Å². The smallest absolute Gasteiger partial charge is 0.322 e. The number of thioether (sulfide) groups is 1. The molecule has 34 heavy (non-hydrogen) atoms. The molecule has 4 rings (SSSR count). The fourth-order valence-electron chi connectivity index (χ4n) is 3.71. The van der Waals surface area contributed by atoms with Crippen LogP contribution in [0.4, 0.5) is 6.01 Å². The molecule has 10 heteroatoms. The van der Waals surface area contributed by atoms with Gasteiger partial charge in [-0.1, -0.05) is 49.8 Å². The van der Waals surface area contributed by atoms with Crippen molar-refractivity contribution in [1.29, 1.82) is 0 Å². The first-order valence-electron chi connectivity index (χ1n) is 11.1. The summed E-state index contributed by atoms with van der Waals surface area (Å²) in [4.78, 5) is 33.0. The largest absolute Gasteiger partial charge is 0.408 e. The third-order valence-corrected chi connectivity index (χ3v) is 7.66. The molecule has 0 atom stereocenters. The summed E-state index contributed by atoms with van der Waals surface area (Å²) in [5, 5.41) is 11.6. The van der Waals surface area contributed by atoms with Crippen LogP contribution < -0.4 is 10.9 Å². The van der Waals surface area contributed by atoms with Crippen LogP contribution in [0.3, 0.4) is 0 Å². The van der Waals surface area contributed by atoms with Crippen LogP contribution in [0.1, 0.15) is 54.1 Å². The van der Waals surface area contributed by atoms with Gasteiger partial charge in [-0.2, -0.15) is 0 Å². The molecule has 0 spiro atoms. The van der Waals surface area contributed by atoms with Gasteiger partial charge in [0, 0.05) is 10.8 Å². The zero-order chi connectivity index (χ0) is 24.6. The van der Waals surface area contributed by atoms with Crippen molar-refractivity contribution in [3.8, 4) is 5.69 Å². The molecule has 0 aliphatic carbocycles. The molecule has 0 fully saturated rings. The van der Waals surface area contributed by atoms with Crippen molar-refractivity contribution in [1.82, 2.24) is 19.7 Å². The average molecular weight is 498 g/mol. The fourth-order valence-corrected chi connectivity index (χ4v) is 5.67. The monoisotopic (exact) mass is 497 g/mol. The van der Waals surface area contributed by atoms with Crippen molar-refractivity contribution in [3.05, 3.63) is 56.0 Å². The van der Waals surface area contributed by atoms with E-state index >= 15 is 0 Å². The highest BCUT2D eigenvalue weighted by molar-refractivity contribution is 7.99. The van der Waals surface area contributed by atoms with Gasteiger partial charge in [0.05, 0.1) is 16.8 Å². The van der Waals surface area contributed by atoms with E-state index in [-0.39, 0.29) is 29.2 Å². The number of carbonyl (C=O) groups is 1. The van der Waals surface area contributed by atoms with Gasteiger partial charge in [0.15, 0.2) is 5.16 Å². The van der Waals surface area contributed by atoms with E-state index in [9.17, 15) is 9.59 Å². The molecule has 3 aromatic heterocycles. The van der Waals surface area contributed by atoms with E-state index in [0.29, 0.717) is 21.3 Å². The first kappa shape index (κ1) is 24.2. The molecule has 0 aliphatic heterocycles. The van der Waals surface area contributed by atoms with Gasteiger partial charge in [0.25, 0.3) is 5.56 Å². The number of aryl methyl sites for hydroxylation is 3. The summed E-state index contributed by atoms with van der Waals surface area (Å²) in [5.41, 5.74) is 3.76. The number of nitrogens with zero attached hydrogens (tertiary/aromatic N) is 4. The minimum Gasteiger partial charge on any atom is -0.408 e. The average Bonchev–Trinajstić information content (AvgIpc) is 3.38. The van der Waals surface area contributed by atoms with Crippen molar-refractivity contribution >= 4 is 45.2 Å². The lowest BCUT2D eigenvalue weighted by Gasteiger charge is -2.15. The first-order chi connectivity index (χ1) is 16.2. The van der Waals surface area contributed by atoms with Crippen LogP contribution in [0.15, 0.2) is 32.6 Å². The Morgan fingerprint density at radius 2 is 2.00 bits per heavy atom. The molecule has 178 valence electrons. The lowest BCUT2D eigenvalue weighted by atomic mass is 10.1. The van der Waals surface area contributed by atoms with Crippen LogP contribution in [0, 0.1) is 20.8 Å². The van der Waals surface area contributed by atoms with Gasteiger partial charge in [-0.05, 0) is 49.9 Å². The Hall–Kier alpha value is -2.98. The zero-order valence-corrected chi connectivity index (χ0v) is 21.7. The van der Waals surface area contributed by atoms with Gasteiger partial charge in [0.1, 0.15) is 4.83 Å². The first-order valence-corrected chi connectivity index (χ1v) is 12.9. The molecular formula is C24H27N5O3S2. The summed E-state index contributed by atoms with van der Waals surface area (Å²) in [5.74, 6) is 0.242. The Kier molecular flexibility index (Phi) is 6.90. The summed E-state index contributed by atoms with van der Waals surface area (Å²) >= 11 is 2.72. The van der Waals surface area contributed by atoms with E-state index in [2.05, 4.69) is 15.5 Å². The molecule has 1 N–H and O–H groups in total. The van der Waals surface area contributed by atoms with Gasteiger partial charge in [0.2, 0.25) is 11.8 Å². The molecule has 0 unspecified atom stereocenters. The van der Waals surface area contributed by atoms with Gasteiger partial charge in [-0.25, -0.2) is 4.98 Å². The summed E-state index contributed by atoms with van der Waals surface area (Å²) in [6.45, 7) is 11.9. The van der Waals surface area contributed by atoms with Crippen LogP contribution >= 0.6 is 23.1 Å². The van der Waals surface area contributed by atoms with Crippen LogP contribution in [-0.2, 0) is 11.2 Å². The molecule has 8 nitrogen and oxygen atoms in total. The molecule has 0 saturated carbocycles. The number of fused-ring (bicyclic) bond motifs is 1. The Bertz CT molecular complexity index is 1430. The lowest BCUT2D eigenvalue weighted by molar-refractivity contribution is -0.113. The maximum Gasteiger partial charge on any atom is 0.322 e. The predicted octanol–water partition coefficient (Wildman–Crippen LogP) is 5.17. The Morgan fingerprint density at radius 3 is 2.68 bits per heavy atom. The SMILES string of the molecule is CCc1c(C)sc2nc(SCC(=O)Nc3nnc(C(C)C)o3)n(-c3cccc(C)c3C)c(=O)c12. The number of carbonyl (C=O) groups excluding carboxylic acids is 1. The lowest BCUT2D eigenvalue weighted by Crippen LogP contribution is -2.24.